The number of carbonyl (C=O) groups is 3. The van der Waals surface area contributed by atoms with Gasteiger partial charge >= 0.3 is 0 Å². The third-order valence-corrected chi connectivity index (χ3v) is 3.09. The molecule has 1 aliphatic rings. The van der Waals surface area contributed by atoms with Gasteiger partial charge in [0.05, 0.1) is 0 Å². The molecule has 3 amide bonds. The van der Waals surface area contributed by atoms with E-state index in [2.05, 4.69) is 20.5 Å². The average molecular weight is 279 g/mol. The topological polar surface area (TPSA) is 108 Å². The molecule has 108 valence electrons. The van der Waals surface area contributed by atoms with Crippen LogP contribution in [0.5, 0.6) is 0 Å². The molecule has 8 heteroatoms. The van der Waals surface area contributed by atoms with E-state index in [0.717, 1.165) is 17.1 Å². The Morgan fingerprint density at radius 1 is 1.35 bits per heavy atom. The lowest BCUT2D eigenvalue weighted by molar-refractivity contribution is -0.138. The molecule has 0 aliphatic carbocycles. The Labute approximate surface area is 115 Å². The van der Waals surface area contributed by atoms with Crippen molar-refractivity contribution < 1.29 is 14.4 Å². The van der Waals surface area contributed by atoms with Gasteiger partial charge in [0.25, 0.3) is 0 Å². The number of hydrogen-bond acceptors (Lipinski definition) is 5. The van der Waals surface area contributed by atoms with Crippen molar-refractivity contribution in [1.82, 2.24) is 25.4 Å². The van der Waals surface area contributed by atoms with Crippen LogP contribution in [0.4, 0.5) is 0 Å². The first-order valence-electron chi connectivity index (χ1n) is 6.61. The molecule has 1 saturated heterocycles. The van der Waals surface area contributed by atoms with Crippen LogP contribution < -0.4 is 5.32 Å². The van der Waals surface area contributed by atoms with E-state index in [1.165, 1.54) is 6.33 Å². The number of H-pyrrole nitrogens is 1. The molecule has 0 bridgehead atoms. The van der Waals surface area contributed by atoms with Gasteiger partial charge in [-0.05, 0) is 6.42 Å². The van der Waals surface area contributed by atoms with E-state index in [1.807, 2.05) is 0 Å². The molecule has 0 spiro atoms. The monoisotopic (exact) mass is 279 g/mol. The van der Waals surface area contributed by atoms with Crippen LogP contribution in [0.25, 0.3) is 0 Å². The summed E-state index contributed by atoms with van der Waals surface area (Å²) in [4.78, 5) is 39.4. The molecule has 8 nitrogen and oxygen atoms in total. The van der Waals surface area contributed by atoms with E-state index >= 15 is 0 Å². The normalized spacial score (nSPS) is 14.9. The number of aromatic amines is 1. The Hall–Kier alpha value is -2.25. The molecule has 0 unspecified atom stereocenters. The van der Waals surface area contributed by atoms with Crippen LogP contribution in [-0.2, 0) is 20.8 Å². The van der Waals surface area contributed by atoms with Crippen LogP contribution in [0, 0.1) is 0 Å². The summed E-state index contributed by atoms with van der Waals surface area (Å²) in [5.41, 5.74) is 0. The summed E-state index contributed by atoms with van der Waals surface area (Å²) in [5, 5.41) is 9.22. The van der Waals surface area contributed by atoms with Gasteiger partial charge in [0.1, 0.15) is 12.2 Å². The zero-order chi connectivity index (χ0) is 14.4. The molecule has 1 aliphatic heterocycles. The van der Waals surface area contributed by atoms with Crippen LogP contribution in [0.2, 0.25) is 0 Å². The van der Waals surface area contributed by atoms with Crippen molar-refractivity contribution in [2.45, 2.75) is 32.1 Å². The minimum Gasteiger partial charge on any atom is -0.356 e. The van der Waals surface area contributed by atoms with Gasteiger partial charge in [0.2, 0.25) is 17.7 Å². The maximum Gasteiger partial charge on any atom is 0.229 e. The summed E-state index contributed by atoms with van der Waals surface area (Å²) in [5.74, 6) is 0.254. The number of nitrogens with zero attached hydrogens (tertiary/aromatic N) is 3. The summed E-state index contributed by atoms with van der Waals surface area (Å²) in [6, 6.07) is 0. The second-order valence-electron chi connectivity index (χ2n) is 4.57. The number of imide groups is 1. The van der Waals surface area contributed by atoms with E-state index in [9.17, 15) is 14.4 Å². The van der Waals surface area contributed by atoms with Crippen LogP contribution >= 0.6 is 0 Å². The average Bonchev–Trinajstić information content (AvgIpc) is 3.04. The molecule has 0 radical (unpaired) electrons. The molecule has 0 saturated carbocycles. The molecule has 0 aromatic carbocycles. The lowest BCUT2D eigenvalue weighted by Gasteiger charge is -2.13. The second-order valence-corrected chi connectivity index (χ2v) is 4.57. The van der Waals surface area contributed by atoms with Crippen molar-refractivity contribution in [3.05, 3.63) is 12.2 Å². The van der Waals surface area contributed by atoms with Crippen LogP contribution in [0.15, 0.2) is 6.33 Å². The van der Waals surface area contributed by atoms with E-state index < -0.39 is 0 Å². The highest BCUT2D eigenvalue weighted by molar-refractivity contribution is 6.02. The summed E-state index contributed by atoms with van der Waals surface area (Å²) in [6.07, 6.45) is 3.58. The molecule has 0 atom stereocenters. The quantitative estimate of drug-likeness (QED) is 0.511. The number of carbonyl (C=O) groups excluding carboxylic acids is 3. The Morgan fingerprint density at radius 2 is 2.10 bits per heavy atom. The number of aromatic nitrogens is 3. The molecule has 2 heterocycles. The molecular weight excluding hydrogens is 262 g/mol. The number of aryl methyl sites for hydroxylation is 1. The number of hydrogen-bond donors (Lipinski definition) is 2. The second kappa shape index (κ2) is 6.78. The number of likely N-dealkylation sites (tertiary alicyclic amines) is 1. The molecule has 20 heavy (non-hydrogen) atoms. The summed E-state index contributed by atoms with van der Waals surface area (Å²) in [7, 11) is 0. The van der Waals surface area contributed by atoms with Gasteiger partial charge in [0.15, 0.2) is 0 Å². The molecule has 1 aromatic rings. The third-order valence-electron chi connectivity index (χ3n) is 3.09. The first-order chi connectivity index (χ1) is 9.66. The van der Waals surface area contributed by atoms with Gasteiger partial charge in [-0.3, -0.25) is 24.4 Å². The molecule has 2 rings (SSSR count). The summed E-state index contributed by atoms with van der Waals surface area (Å²) >= 11 is 0. The third kappa shape index (κ3) is 3.87. The Kier molecular flexibility index (Phi) is 4.80. The zero-order valence-electron chi connectivity index (χ0n) is 11.1. The Morgan fingerprint density at radius 3 is 2.75 bits per heavy atom. The number of nitrogens with one attached hydrogen (secondary N) is 2. The highest BCUT2D eigenvalue weighted by Gasteiger charge is 2.28. The van der Waals surface area contributed by atoms with Crippen LogP contribution in [0.3, 0.4) is 0 Å². The highest BCUT2D eigenvalue weighted by atomic mass is 16.2. The molecular formula is C12H17N5O3. The van der Waals surface area contributed by atoms with Crippen LogP contribution in [0.1, 0.15) is 31.5 Å². The highest BCUT2D eigenvalue weighted by Crippen LogP contribution is 2.11. The SMILES string of the molecule is O=C(CCN1C(=O)CCC1=O)NCCCc1ncn[nH]1. The molecule has 2 N–H and O–H groups in total. The zero-order valence-corrected chi connectivity index (χ0v) is 11.1. The van der Waals surface area contributed by atoms with Gasteiger partial charge in [0, 0.05) is 38.8 Å². The predicted molar refractivity (Wildman–Crippen MR) is 68.3 cm³/mol. The largest absolute Gasteiger partial charge is 0.356 e. The van der Waals surface area contributed by atoms with Crippen LogP contribution in [-0.4, -0.2) is 50.9 Å². The van der Waals surface area contributed by atoms with Gasteiger partial charge in [-0.2, -0.15) is 5.10 Å². The van der Waals surface area contributed by atoms with E-state index in [1.54, 1.807) is 0 Å². The minimum absolute atomic E-state index is 0.153. The fourth-order valence-corrected chi connectivity index (χ4v) is 2.01. The fraction of sp³-hybridized carbons (Fsp3) is 0.583. The van der Waals surface area contributed by atoms with Gasteiger partial charge in [-0.25, -0.2) is 4.98 Å². The van der Waals surface area contributed by atoms with Crippen molar-refractivity contribution in [3.8, 4) is 0 Å². The predicted octanol–water partition coefficient (Wildman–Crippen LogP) is -0.607. The minimum atomic E-state index is -0.187. The van der Waals surface area contributed by atoms with E-state index in [-0.39, 0.29) is 43.5 Å². The first-order valence-corrected chi connectivity index (χ1v) is 6.61. The summed E-state index contributed by atoms with van der Waals surface area (Å²) in [6.45, 7) is 0.701. The number of amides is 3. The van der Waals surface area contributed by atoms with E-state index in [4.69, 9.17) is 0 Å². The van der Waals surface area contributed by atoms with Crippen molar-refractivity contribution in [3.63, 3.8) is 0 Å². The van der Waals surface area contributed by atoms with Crippen molar-refractivity contribution in [2.75, 3.05) is 13.1 Å². The summed E-state index contributed by atoms with van der Waals surface area (Å²) < 4.78 is 0. The van der Waals surface area contributed by atoms with Crippen molar-refractivity contribution >= 4 is 17.7 Å². The lowest BCUT2D eigenvalue weighted by Crippen LogP contribution is -2.34. The lowest BCUT2D eigenvalue weighted by atomic mass is 10.3. The first kappa shape index (κ1) is 14.2. The fourth-order valence-electron chi connectivity index (χ4n) is 2.01. The Bertz CT molecular complexity index is 469. The maximum atomic E-state index is 11.6. The number of rotatable bonds is 7. The van der Waals surface area contributed by atoms with Gasteiger partial charge < -0.3 is 5.32 Å². The van der Waals surface area contributed by atoms with E-state index in [0.29, 0.717) is 13.0 Å². The molecule has 1 fully saturated rings. The van der Waals surface area contributed by atoms with Gasteiger partial charge in [-0.1, -0.05) is 0 Å². The Balaban J connectivity index is 1.58. The van der Waals surface area contributed by atoms with Gasteiger partial charge in [-0.15, -0.1) is 0 Å². The standard InChI is InChI=1S/C12H17N5O3/c18-10(5-7-17-11(19)3-4-12(17)20)13-6-1-2-9-14-8-15-16-9/h8H,1-7H2,(H,13,18)(H,14,15,16). The molecule has 1 aromatic heterocycles. The maximum absolute atomic E-state index is 11.6. The van der Waals surface area contributed by atoms with Crippen molar-refractivity contribution in [2.24, 2.45) is 0 Å². The van der Waals surface area contributed by atoms with Crippen molar-refractivity contribution in [1.29, 1.82) is 0 Å². The smallest absolute Gasteiger partial charge is 0.229 e.